The Balaban J connectivity index is 3.05. The van der Waals surface area contributed by atoms with E-state index in [0.29, 0.717) is 0 Å². The lowest BCUT2D eigenvalue weighted by atomic mass is 10.3. The highest BCUT2D eigenvalue weighted by Crippen LogP contribution is 2.14. The summed E-state index contributed by atoms with van der Waals surface area (Å²) in [6.07, 6.45) is 0. The topological polar surface area (TPSA) is 94.4 Å². The molecule has 0 aromatic carbocycles. The van der Waals surface area contributed by atoms with Gasteiger partial charge in [-0.2, -0.15) is 0 Å². The minimum absolute atomic E-state index is 0.0808. The number of methoxy groups -OCH3 is 2. The maximum Gasteiger partial charge on any atom is 0.354 e. The fourth-order valence-electron chi connectivity index (χ4n) is 0.969. The van der Waals surface area contributed by atoms with E-state index in [0.717, 1.165) is 0 Å². The summed E-state index contributed by atoms with van der Waals surface area (Å²) in [6.45, 7) is 0. The summed E-state index contributed by atoms with van der Waals surface area (Å²) >= 11 is 0. The molecule has 1 aromatic heterocycles. The number of anilines is 1. The van der Waals surface area contributed by atoms with Crippen LogP contribution in [0.4, 0.5) is 5.82 Å². The fraction of sp³-hybridized carbons (Fsp3) is 0.250. The highest BCUT2D eigenvalue weighted by Gasteiger charge is 2.17. The molecule has 0 aliphatic heterocycles. The van der Waals surface area contributed by atoms with Gasteiger partial charge in [0.2, 0.25) is 0 Å². The Morgan fingerprint density at radius 2 is 1.86 bits per heavy atom. The van der Waals surface area contributed by atoms with Crippen molar-refractivity contribution in [2.45, 2.75) is 0 Å². The number of nitrogens with two attached hydrogens (primary N) is 1. The van der Waals surface area contributed by atoms with E-state index >= 15 is 0 Å². The van der Waals surface area contributed by atoms with Crippen LogP contribution in [-0.4, -0.2) is 31.1 Å². The number of nitrogen functional groups attached to an aromatic ring is 1. The number of aromatic nitrogens is 1. The predicted molar refractivity (Wildman–Crippen MR) is 47.9 cm³/mol. The van der Waals surface area contributed by atoms with Gasteiger partial charge in [0.1, 0.15) is 17.1 Å². The van der Waals surface area contributed by atoms with E-state index in [1.165, 1.54) is 20.3 Å². The summed E-state index contributed by atoms with van der Waals surface area (Å²) < 4.78 is 8.89. The summed E-state index contributed by atoms with van der Waals surface area (Å²) in [5.41, 5.74) is 5.68. The standard InChI is InChI=1S/C8H10N2O4/c1-13-7(11)4-3-5(8(12)14-2)10-6(4)9/h3,10H,9H2,1-2H3. The molecule has 76 valence electrons. The van der Waals surface area contributed by atoms with Crippen molar-refractivity contribution in [2.75, 3.05) is 20.0 Å². The highest BCUT2D eigenvalue weighted by atomic mass is 16.5. The molecule has 14 heavy (non-hydrogen) atoms. The van der Waals surface area contributed by atoms with Crippen LogP contribution in [0.15, 0.2) is 6.07 Å². The van der Waals surface area contributed by atoms with Crippen LogP contribution in [0.1, 0.15) is 20.8 Å². The normalized spacial score (nSPS) is 9.57. The Morgan fingerprint density at radius 3 is 2.36 bits per heavy atom. The van der Waals surface area contributed by atoms with Gasteiger partial charge < -0.3 is 20.2 Å². The molecule has 0 radical (unpaired) electrons. The smallest absolute Gasteiger partial charge is 0.354 e. The molecule has 0 saturated carbocycles. The number of nitrogens with one attached hydrogen (secondary N) is 1. The molecule has 0 bridgehead atoms. The van der Waals surface area contributed by atoms with Crippen LogP contribution in [0.25, 0.3) is 0 Å². The fourth-order valence-corrected chi connectivity index (χ4v) is 0.969. The minimum Gasteiger partial charge on any atom is -0.465 e. The van der Waals surface area contributed by atoms with Crippen molar-refractivity contribution in [3.63, 3.8) is 0 Å². The highest BCUT2D eigenvalue weighted by molar-refractivity contribution is 5.98. The van der Waals surface area contributed by atoms with Gasteiger partial charge in [0.15, 0.2) is 0 Å². The van der Waals surface area contributed by atoms with Crippen LogP contribution in [-0.2, 0) is 9.47 Å². The number of esters is 2. The number of hydrogen-bond donors (Lipinski definition) is 2. The van der Waals surface area contributed by atoms with Crippen molar-refractivity contribution in [1.82, 2.24) is 4.98 Å². The number of H-pyrrole nitrogens is 1. The lowest BCUT2D eigenvalue weighted by Crippen LogP contribution is -2.02. The predicted octanol–water partition coefficient (Wildman–Crippen LogP) is 0.170. The van der Waals surface area contributed by atoms with Crippen LogP contribution >= 0.6 is 0 Å². The van der Waals surface area contributed by atoms with E-state index in [1.54, 1.807) is 0 Å². The summed E-state index contributed by atoms with van der Waals surface area (Å²) in [4.78, 5) is 24.6. The van der Waals surface area contributed by atoms with Crippen molar-refractivity contribution in [1.29, 1.82) is 0 Å². The molecular formula is C8H10N2O4. The third kappa shape index (κ3) is 1.68. The average Bonchev–Trinajstić information content (AvgIpc) is 2.58. The van der Waals surface area contributed by atoms with E-state index < -0.39 is 11.9 Å². The van der Waals surface area contributed by atoms with Gasteiger partial charge >= 0.3 is 11.9 Å². The molecule has 6 heteroatoms. The van der Waals surface area contributed by atoms with Gasteiger partial charge in [0.05, 0.1) is 14.2 Å². The number of aromatic amines is 1. The van der Waals surface area contributed by atoms with Crippen molar-refractivity contribution in [3.8, 4) is 0 Å². The Hall–Kier alpha value is -1.98. The van der Waals surface area contributed by atoms with Crippen molar-refractivity contribution in [3.05, 3.63) is 17.3 Å². The second-order valence-corrected chi connectivity index (χ2v) is 2.49. The molecule has 0 amide bonds. The summed E-state index contributed by atoms with van der Waals surface area (Å²) in [6, 6.07) is 1.28. The van der Waals surface area contributed by atoms with Gasteiger partial charge in [-0.1, -0.05) is 0 Å². The molecule has 0 unspecified atom stereocenters. The largest absolute Gasteiger partial charge is 0.465 e. The first-order chi connectivity index (χ1) is 6.60. The second-order valence-electron chi connectivity index (χ2n) is 2.49. The average molecular weight is 198 g/mol. The number of rotatable bonds is 2. The molecule has 0 saturated heterocycles. The van der Waals surface area contributed by atoms with Crippen LogP contribution < -0.4 is 5.73 Å². The van der Waals surface area contributed by atoms with Crippen molar-refractivity contribution >= 4 is 17.8 Å². The Kier molecular flexibility index (Phi) is 2.76. The SMILES string of the molecule is COC(=O)c1cc(C(=O)OC)c(N)[nH]1. The molecule has 0 aliphatic rings. The van der Waals surface area contributed by atoms with E-state index in [1.807, 2.05) is 0 Å². The Bertz CT molecular complexity index is 369. The summed E-state index contributed by atoms with van der Waals surface area (Å²) in [5.74, 6) is -1.11. The second kappa shape index (κ2) is 3.82. The molecule has 0 aliphatic carbocycles. The lowest BCUT2D eigenvalue weighted by Gasteiger charge is -1.94. The summed E-state index contributed by atoms with van der Waals surface area (Å²) in [5, 5.41) is 0. The Labute approximate surface area is 80.0 Å². The van der Waals surface area contributed by atoms with Crippen LogP contribution in [0.2, 0.25) is 0 Å². The zero-order chi connectivity index (χ0) is 10.7. The monoisotopic (exact) mass is 198 g/mol. The molecule has 0 atom stereocenters. The molecular weight excluding hydrogens is 188 g/mol. The van der Waals surface area contributed by atoms with E-state index in [9.17, 15) is 9.59 Å². The molecule has 1 heterocycles. The third-order valence-corrected chi connectivity index (χ3v) is 1.66. The van der Waals surface area contributed by atoms with Gasteiger partial charge in [0.25, 0.3) is 0 Å². The molecule has 1 aromatic rings. The molecule has 0 fully saturated rings. The van der Waals surface area contributed by atoms with Gasteiger partial charge in [-0.15, -0.1) is 0 Å². The van der Waals surface area contributed by atoms with E-state index in [2.05, 4.69) is 14.5 Å². The molecule has 1 rings (SSSR count). The third-order valence-electron chi connectivity index (χ3n) is 1.66. The quantitative estimate of drug-likeness (QED) is 0.660. The number of carbonyl (C=O) groups is 2. The molecule has 6 nitrogen and oxygen atoms in total. The number of ether oxygens (including phenoxy) is 2. The van der Waals surface area contributed by atoms with Crippen LogP contribution in [0.3, 0.4) is 0 Å². The summed E-state index contributed by atoms with van der Waals surface area (Å²) in [7, 11) is 2.46. The first-order valence-electron chi connectivity index (χ1n) is 3.75. The molecule has 3 N–H and O–H groups in total. The van der Waals surface area contributed by atoms with Gasteiger partial charge in [0, 0.05) is 0 Å². The lowest BCUT2D eigenvalue weighted by molar-refractivity contribution is 0.0594. The van der Waals surface area contributed by atoms with Gasteiger partial charge in [-0.05, 0) is 6.07 Å². The minimum atomic E-state index is -0.603. The van der Waals surface area contributed by atoms with Crippen LogP contribution in [0, 0.1) is 0 Å². The maximum absolute atomic E-state index is 11.1. The number of hydrogen-bond acceptors (Lipinski definition) is 5. The van der Waals surface area contributed by atoms with Crippen molar-refractivity contribution < 1.29 is 19.1 Å². The first kappa shape index (κ1) is 10.1. The van der Waals surface area contributed by atoms with Gasteiger partial charge in [-0.3, -0.25) is 0 Å². The van der Waals surface area contributed by atoms with Crippen LogP contribution in [0.5, 0.6) is 0 Å². The zero-order valence-corrected chi connectivity index (χ0v) is 7.79. The zero-order valence-electron chi connectivity index (χ0n) is 7.79. The van der Waals surface area contributed by atoms with Gasteiger partial charge in [-0.25, -0.2) is 9.59 Å². The number of carbonyl (C=O) groups excluding carboxylic acids is 2. The molecule has 0 spiro atoms. The van der Waals surface area contributed by atoms with E-state index in [-0.39, 0.29) is 17.1 Å². The van der Waals surface area contributed by atoms with Crippen molar-refractivity contribution in [2.24, 2.45) is 0 Å². The first-order valence-corrected chi connectivity index (χ1v) is 3.75. The Morgan fingerprint density at radius 1 is 1.29 bits per heavy atom. The maximum atomic E-state index is 11.1. The van der Waals surface area contributed by atoms with E-state index in [4.69, 9.17) is 5.73 Å².